The number of carbonyl (C=O) groups excluding carboxylic acids is 1. The number of carbonyl (C=O) groups is 1. The average Bonchev–Trinajstić information content (AvgIpc) is 3.23. The lowest BCUT2D eigenvalue weighted by Gasteiger charge is -2.25. The van der Waals surface area contributed by atoms with Crippen molar-refractivity contribution in [2.75, 3.05) is 5.32 Å². The number of ether oxygens (including phenoxy) is 1. The molecule has 33 heavy (non-hydrogen) atoms. The van der Waals surface area contributed by atoms with Gasteiger partial charge in [-0.05, 0) is 86.3 Å². The molecule has 0 saturated heterocycles. The van der Waals surface area contributed by atoms with Crippen molar-refractivity contribution in [1.82, 2.24) is 4.98 Å². The van der Waals surface area contributed by atoms with Crippen LogP contribution >= 0.6 is 11.6 Å². The van der Waals surface area contributed by atoms with Crippen LogP contribution in [0.15, 0.2) is 71.1 Å². The maximum absolute atomic E-state index is 12.9. The zero-order valence-corrected chi connectivity index (χ0v) is 19.9. The summed E-state index contributed by atoms with van der Waals surface area (Å²) < 4.78 is 11.9. The number of hydrogen-bond acceptors (Lipinski definition) is 4. The standard InChI is InChI=1S/C27H27ClN2O3/c1-5-17(2)18-9-14-24-23(16-18)30-25(32-24)19-7-6-8-21(15-19)29-26(31)27(3,4)33-22-12-10-20(28)11-13-22/h6-17H,5H2,1-4H3,(H,29,31). The Morgan fingerprint density at radius 2 is 1.88 bits per heavy atom. The fourth-order valence-electron chi connectivity index (χ4n) is 3.47. The van der Waals surface area contributed by atoms with Gasteiger partial charge in [0.15, 0.2) is 11.2 Å². The summed E-state index contributed by atoms with van der Waals surface area (Å²) in [5, 5.41) is 3.54. The SMILES string of the molecule is CCC(C)c1ccc2oc(-c3cccc(NC(=O)C(C)(C)Oc4ccc(Cl)cc4)c3)nc2c1. The predicted octanol–water partition coefficient (Wildman–Crippen LogP) is 7.46. The monoisotopic (exact) mass is 462 g/mol. The Balaban J connectivity index is 1.52. The number of benzene rings is 3. The van der Waals surface area contributed by atoms with Crippen molar-refractivity contribution in [2.45, 2.75) is 45.6 Å². The summed E-state index contributed by atoms with van der Waals surface area (Å²) in [7, 11) is 0. The number of nitrogens with zero attached hydrogens (tertiary/aromatic N) is 1. The van der Waals surface area contributed by atoms with Crippen molar-refractivity contribution in [3.63, 3.8) is 0 Å². The van der Waals surface area contributed by atoms with Crippen molar-refractivity contribution < 1.29 is 13.9 Å². The molecule has 3 aromatic carbocycles. The molecule has 0 bridgehead atoms. The highest BCUT2D eigenvalue weighted by molar-refractivity contribution is 6.30. The maximum atomic E-state index is 12.9. The van der Waals surface area contributed by atoms with Gasteiger partial charge in [-0.3, -0.25) is 4.79 Å². The fourth-order valence-corrected chi connectivity index (χ4v) is 3.59. The first kappa shape index (κ1) is 22.9. The Labute approximate surface area is 198 Å². The second-order valence-electron chi connectivity index (χ2n) is 8.66. The molecular weight excluding hydrogens is 436 g/mol. The first-order valence-corrected chi connectivity index (χ1v) is 11.4. The van der Waals surface area contributed by atoms with Gasteiger partial charge in [0.25, 0.3) is 5.91 Å². The van der Waals surface area contributed by atoms with E-state index in [2.05, 4.69) is 36.3 Å². The van der Waals surface area contributed by atoms with Crippen LogP contribution in [0.2, 0.25) is 5.02 Å². The third kappa shape index (κ3) is 5.20. The first-order chi connectivity index (χ1) is 15.7. The average molecular weight is 463 g/mol. The van der Waals surface area contributed by atoms with E-state index >= 15 is 0 Å². The summed E-state index contributed by atoms with van der Waals surface area (Å²) in [5.74, 6) is 1.27. The van der Waals surface area contributed by atoms with E-state index in [1.807, 2.05) is 30.3 Å². The Morgan fingerprint density at radius 3 is 2.61 bits per heavy atom. The maximum Gasteiger partial charge on any atom is 0.267 e. The molecule has 6 heteroatoms. The number of nitrogens with one attached hydrogen (secondary N) is 1. The lowest BCUT2D eigenvalue weighted by Crippen LogP contribution is -2.42. The van der Waals surface area contributed by atoms with Gasteiger partial charge in [-0.2, -0.15) is 0 Å². The number of halogens is 1. The van der Waals surface area contributed by atoms with Crippen LogP contribution in [-0.4, -0.2) is 16.5 Å². The van der Waals surface area contributed by atoms with Crippen LogP contribution in [0.3, 0.4) is 0 Å². The van der Waals surface area contributed by atoms with Gasteiger partial charge in [-0.15, -0.1) is 0 Å². The minimum atomic E-state index is -1.09. The molecule has 1 atom stereocenters. The highest BCUT2D eigenvalue weighted by atomic mass is 35.5. The summed E-state index contributed by atoms with van der Waals surface area (Å²) >= 11 is 5.92. The molecule has 0 radical (unpaired) electrons. The Hall–Kier alpha value is -3.31. The van der Waals surface area contributed by atoms with Gasteiger partial charge in [0.05, 0.1) is 0 Å². The van der Waals surface area contributed by atoms with Crippen molar-refractivity contribution in [3.8, 4) is 17.2 Å². The van der Waals surface area contributed by atoms with Crippen molar-refractivity contribution in [3.05, 3.63) is 77.3 Å². The Kier molecular flexibility index (Phi) is 6.43. The van der Waals surface area contributed by atoms with Crippen molar-refractivity contribution >= 4 is 34.3 Å². The zero-order valence-electron chi connectivity index (χ0n) is 19.2. The van der Waals surface area contributed by atoms with E-state index in [0.29, 0.717) is 28.3 Å². The van der Waals surface area contributed by atoms with E-state index in [1.165, 1.54) is 5.56 Å². The van der Waals surface area contributed by atoms with Crippen LogP contribution in [0.1, 0.15) is 45.6 Å². The van der Waals surface area contributed by atoms with E-state index in [0.717, 1.165) is 23.1 Å². The largest absolute Gasteiger partial charge is 0.478 e. The quantitative estimate of drug-likeness (QED) is 0.309. The zero-order chi connectivity index (χ0) is 23.6. The highest BCUT2D eigenvalue weighted by Gasteiger charge is 2.30. The number of fused-ring (bicyclic) bond motifs is 1. The van der Waals surface area contributed by atoms with Crippen LogP contribution in [0.4, 0.5) is 5.69 Å². The second kappa shape index (κ2) is 9.28. The topological polar surface area (TPSA) is 64.4 Å². The summed E-state index contributed by atoms with van der Waals surface area (Å²) in [5.41, 5.74) is 3.14. The van der Waals surface area contributed by atoms with Gasteiger partial charge >= 0.3 is 0 Å². The molecule has 170 valence electrons. The van der Waals surface area contributed by atoms with Crippen LogP contribution in [0.25, 0.3) is 22.6 Å². The number of rotatable bonds is 7. The van der Waals surface area contributed by atoms with E-state index in [1.54, 1.807) is 38.1 Å². The van der Waals surface area contributed by atoms with Crippen molar-refractivity contribution in [2.24, 2.45) is 0 Å². The molecule has 4 rings (SSSR count). The first-order valence-electron chi connectivity index (χ1n) is 11.0. The minimum Gasteiger partial charge on any atom is -0.478 e. The molecule has 5 nitrogen and oxygen atoms in total. The molecule has 1 heterocycles. The molecule has 0 fully saturated rings. The van der Waals surface area contributed by atoms with Crippen LogP contribution < -0.4 is 10.1 Å². The molecule has 0 aliphatic rings. The third-order valence-corrected chi connectivity index (χ3v) is 5.95. The molecule has 1 N–H and O–H groups in total. The Bertz CT molecular complexity index is 1280. The summed E-state index contributed by atoms with van der Waals surface area (Å²) in [6.07, 6.45) is 1.07. The van der Waals surface area contributed by atoms with E-state index in [4.69, 9.17) is 20.8 Å². The van der Waals surface area contributed by atoms with Gasteiger partial charge in [0.2, 0.25) is 5.89 Å². The fraction of sp³-hybridized carbons (Fsp3) is 0.259. The van der Waals surface area contributed by atoms with Gasteiger partial charge < -0.3 is 14.5 Å². The van der Waals surface area contributed by atoms with Gasteiger partial charge in [0, 0.05) is 16.3 Å². The summed E-state index contributed by atoms with van der Waals surface area (Å²) in [6, 6.07) is 20.5. The molecule has 0 spiro atoms. The van der Waals surface area contributed by atoms with E-state index in [-0.39, 0.29) is 5.91 Å². The molecule has 0 saturated carbocycles. The molecule has 1 amide bonds. The number of hydrogen-bond donors (Lipinski definition) is 1. The van der Waals surface area contributed by atoms with Gasteiger partial charge in [-0.1, -0.05) is 37.6 Å². The summed E-state index contributed by atoms with van der Waals surface area (Å²) in [6.45, 7) is 7.81. The lowest BCUT2D eigenvalue weighted by molar-refractivity contribution is -0.128. The lowest BCUT2D eigenvalue weighted by atomic mass is 9.98. The molecule has 1 unspecified atom stereocenters. The molecule has 1 aromatic heterocycles. The molecule has 0 aliphatic carbocycles. The predicted molar refractivity (Wildman–Crippen MR) is 133 cm³/mol. The van der Waals surface area contributed by atoms with Gasteiger partial charge in [-0.25, -0.2) is 4.98 Å². The third-order valence-electron chi connectivity index (χ3n) is 5.69. The second-order valence-corrected chi connectivity index (χ2v) is 9.09. The van der Waals surface area contributed by atoms with Crippen LogP contribution in [-0.2, 0) is 4.79 Å². The smallest absolute Gasteiger partial charge is 0.267 e. The van der Waals surface area contributed by atoms with Gasteiger partial charge in [0.1, 0.15) is 11.3 Å². The van der Waals surface area contributed by atoms with E-state index < -0.39 is 5.60 Å². The number of anilines is 1. The minimum absolute atomic E-state index is 0.273. The molecular formula is C27H27ClN2O3. The number of amides is 1. The Morgan fingerprint density at radius 1 is 1.12 bits per heavy atom. The molecule has 0 aliphatic heterocycles. The number of oxazole rings is 1. The van der Waals surface area contributed by atoms with Crippen LogP contribution in [0.5, 0.6) is 5.75 Å². The number of aromatic nitrogens is 1. The van der Waals surface area contributed by atoms with E-state index in [9.17, 15) is 4.79 Å². The normalized spacial score (nSPS) is 12.5. The molecule has 4 aromatic rings. The highest BCUT2D eigenvalue weighted by Crippen LogP contribution is 2.29. The summed E-state index contributed by atoms with van der Waals surface area (Å²) in [4.78, 5) is 17.6. The van der Waals surface area contributed by atoms with Crippen molar-refractivity contribution in [1.29, 1.82) is 0 Å². The van der Waals surface area contributed by atoms with Crippen LogP contribution in [0, 0.1) is 0 Å².